The van der Waals surface area contributed by atoms with Crippen LogP contribution in [0, 0.1) is 5.82 Å². The maximum atomic E-state index is 13.8. The molecular formula is C16H20FN. The van der Waals surface area contributed by atoms with Gasteiger partial charge in [-0.3, -0.25) is 0 Å². The maximum absolute atomic E-state index is 13.8. The molecule has 0 unspecified atom stereocenters. The van der Waals surface area contributed by atoms with Crippen LogP contribution in [0.4, 0.5) is 4.39 Å². The Morgan fingerprint density at radius 3 is 2.39 bits per heavy atom. The first kappa shape index (κ1) is 13.0. The van der Waals surface area contributed by atoms with Crippen LogP contribution in [0.1, 0.15) is 25.8 Å². The fraction of sp³-hybridized carbons (Fsp3) is 0.375. The molecule has 0 aliphatic heterocycles. The van der Waals surface area contributed by atoms with Gasteiger partial charge in [-0.05, 0) is 42.4 Å². The predicted octanol–water partition coefficient (Wildman–Crippen LogP) is 3.87. The SMILES string of the molecule is CNCCC(C)(C)c1ccc(F)c2ccccc12. The van der Waals surface area contributed by atoms with Crippen LogP contribution in [0.2, 0.25) is 0 Å². The summed E-state index contributed by atoms with van der Waals surface area (Å²) in [5, 5.41) is 4.92. The van der Waals surface area contributed by atoms with Crippen molar-refractivity contribution in [1.29, 1.82) is 0 Å². The first-order valence-corrected chi connectivity index (χ1v) is 6.38. The normalized spacial score (nSPS) is 12.0. The van der Waals surface area contributed by atoms with Crippen LogP contribution in [0.5, 0.6) is 0 Å². The Morgan fingerprint density at radius 2 is 1.72 bits per heavy atom. The number of halogens is 1. The zero-order chi connectivity index (χ0) is 13.2. The molecule has 0 bridgehead atoms. The van der Waals surface area contributed by atoms with Crippen molar-refractivity contribution in [2.45, 2.75) is 25.7 Å². The molecule has 0 amide bonds. The van der Waals surface area contributed by atoms with Crippen LogP contribution >= 0.6 is 0 Å². The maximum Gasteiger partial charge on any atom is 0.131 e. The largest absolute Gasteiger partial charge is 0.320 e. The van der Waals surface area contributed by atoms with Crippen molar-refractivity contribution in [2.24, 2.45) is 0 Å². The number of hydrogen-bond donors (Lipinski definition) is 1. The highest BCUT2D eigenvalue weighted by Gasteiger charge is 2.22. The Hall–Kier alpha value is -1.41. The Morgan fingerprint density at radius 1 is 1.06 bits per heavy atom. The van der Waals surface area contributed by atoms with Gasteiger partial charge in [0.15, 0.2) is 0 Å². The number of nitrogens with one attached hydrogen (secondary N) is 1. The predicted molar refractivity (Wildman–Crippen MR) is 75.5 cm³/mol. The molecule has 0 fully saturated rings. The lowest BCUT2D eigenvalue weighted by Gasteiger charge is -2.27. The summed E-state index contributed by atoms with van der Waals surface area (Å²) in [5.74, 6) is -0.140. The Bertz CT molecular complexity index is 546. The number of hydrogen-bond acceptors (Lipinski definition) is 1. The molecule has 0 aliphatic rings. The smallest absolute Gasteiger partial charge is 0.131 e. The summed E-state index contributed by atoms with van der Waals surface area (Å²) >= 11 is 0. The zero-order valence-corrected chi connectivity index (χ0v) is 11.3. The summed E-state index contributed by atoms with van der Waals surface area (Å²) in [4.78, 5) is 0. The molecule has 18 heavy (non-hydrogen) atoms. The van der Waals surface area contributed by atoms with Crippen molar-refractivity contribution in [3.05, 3.63) is 47.8 Å². The minimum absolute atomic E-state index is 0.0380. The van der Waals surface area contributed by atoms with Gasteiger partial charge in [-0.25, -0.2) is 4.39 Å². The molecule has 0 heterocycles. The number of fused-ring (bicyclic) bond motifs is 1. The van der Waals surface area contributed by atoms with Gasteiger partial charge in [-0.15, -0.1) is 0 Å². The third-order valence-corrected chi connectivity index (χ3v) is 3.60. The first-order chi connectivity index (χ1) is 8.56. The second kappa shape index (κ2) is 5.07. The van der Waals surface area contributed by atoms with E-state index in [9.17, 15) is 4.39 Å². The van der Waals surface area contributed by atoms with Crippen LogP contribution in [-0.2, 0) is 5.41 Å². The van der Waals surface area contributed by atoms with Gasteiger partial charge in [0.2, 0.25) is 0 Å². The Labute approximate surface area is 108 Å². The molecule has 0 saturated heterocycles. The summed E-state index contributed by atoms with van der Waals surface area (Å²) in [7, 11) is 1.96. The topological polar surface area (TPSA) is 12.0 Å². The lowest BCUT2D eigenvalue weighted by atomic mass is 9.79. The lowest BCUT2D eigenvalue weighted by molar-refractivity contribution is 0.471. The van der Waals surface area contributed by atoms with Gasteiger partial charge in [0, 0.05) is 5.39 Å². The van der Waals surface area contributed by atoms with Crippen molar-refractivity contribution < 1.29 is 4.39 Å². The third-order valence-electron chi connectivity index (χ3n) is 3.60. The van der Waals surface area contributed by atoms with Gasteiger partial charge in [0.25, 0.3) is 0 Å². The summed E-state index contributed by atoms with van der Waals surface area (Å²) in [6.07, 6.45) is 1.03. The molecule has 2 heteroatoms. The summed E-state index contributed by atoms with van der Waals surface area (Å²) in [5.41, 5.74) is 1.26. The van der Waals surface area contributed by atoms with Crippen LogP contribution in [0.25, 0.3) is 10.8 Å². The second-order valence-electron chi connectivity index (χ2n) is 5.38. The molecule has 0 aliphatic carbocycles. The average Bonchev–Trinajstić information content (AvgIpc) is 2.37. The molecule has 0 saturated carbocycles. The highest BCUT2D eigenvalue weighted by atomic mass is 19.1. The minimum Gasteiger partial charge on any atom is -0.320 e. The molecule has 2 rings (SSSR count). The molecule has 1 nitrogen and oxygen atoms in total. The van der Waals surface area contributed by atoms with E-state index in [2.05, 4.69) is 19.2 Å². The fourth-order valence-corrected chi connectivity index (χ4v) is 2.42. The molecule has 0 aromatic heterocycles. The van der Waals surface area contributed by atoms with E-state index in [-0.39, 0.29) is 11.2 Å². The quantitative estimate of drug-likeness (QED) is 0.862. The molecule has 0 atom stereocenters. The number of benzene rings is 2. The molecule has 2 aromatic carbocycles. The summed E-state index contributed by atoms with van der Waals surface area (Å²) in [6.45, 7) is 5.38. The van der Waals surface area contributed by atoms with Crippen LogP contribution in [0.15, 0.2) is 36.4 Å². The van der Waals surface area contributed by atoms with Crippen LogP contribution in [-0.4, -0.2) is 13.6 Å². The van der Waals surface area contributed by atoms with E-state index in [0.29, 0.717) is 5.39 Å². The molecular weight excluding hydrogens is 225 g/mol. The van der Waals surface area contributed by atoms with E-state index in [1.54, 1.807) is 6.07 Å². The van der Waals surface area contributed by atoms with Gasteiger partial charge in [0.1, 0.15) is 5.82 Å². The highest BCUT2D eigenvalue weighted by Crippen LogP contribution is 2.33. The summed E-state index contributed by atoms with van der Waals surface area (Å²) < 4.78 is 13.8. The first-order valence-electron chi connectivity index (χ1n) is 6.38. The molecule has 0 spiro atoms. The second-order valence-corrected chi connectivity index (χ2v) is 5.38. The standard InChI is InChI=1S/C16H20FN/c1-16(2,10-11-18-3)14-8-9-15(17)13-7-5-4-6-12(13)14/h4-9,18H,10-11H2,1-3H3. The van der Waals surface area contributed by atoms with E-state index in [0.717, 1.165) is 18.4 Å². The third kappa shape index (κ3) is 2.39. The lowest BCUT2D eigenvalue weighted by Crippen LogP contribution is -2.23. The van der Waals surface area contributed by atoms with E-state index in [1.807, 2.05) is 37.4 Å². The van der Waals surface area contributed by atoms with E-state index < -0.39 is 0 Å². The molecule has 96 valence electrons. The minimum atomic E-state index is -0.140. The van der Waals surface area contributed by atoms with Gasteiger partial charge < -0.3 is 5.32 Å². The van der Waals surface area contributed by atoms with Crippen LogP contribution in [0.3, 0.4) is 0 Å². The van der Waals surface area contributed by atoms with Crippen molar-refractivity contribution in [3.8, 4) is 0 Å². The van der Waals surface area contributed by atoms with Crippen molar-refractivity contribution in [2.75, 3.05) is 13.6 Å². The Kier molecular flexibility index (Phi) is 3.67. The molecule has 2 aromatic rings. The van der Waals surface area contributed by atoms with Gasteiger partial charge >= 0.3 is 0 Å². The van der Waals surface area contributed by atoms with E-state index in [1.165, 1.54) is 5.56 Å². The van der Waals surface area contributed by atoms with Gasteiger partial charge in [-0.1, -0.05) is 44.2 Å². The molecule has 1 N–H and O–H groups in total. The van der Waals surface area contributed by atoms with E-state index in [4.69, 9.17) is 0 Å². The van der Waals surface area contributed by atoms with Gasteiger partial charge in [0.05, 0.1) is 0 Å². The van der Waals surface area contributed by atoms with Crippen LogP contribution < -0.4 is 5.32 Å². The highest BCUT2D eigenvalue weighted by molar-refractivity contribution is 5.87. The van der Waals surface area contributed by atoms with Gasteiger partial charge in [-0.2, -0.15) is 0 Å². The van der Waals surface area contributed by atoms with Crippen molar-refractivity contribution >= 4 is 10.8 Å². The van der Waals surface area contributed by atoms with Crippen molar-refractivity contribution in [3.63, 3.8) is 0 Å². The fourth-order valence-electron chi connectivity index (χ4n) is 2.42. The summed E-state index contributed by atoms with van der Waals surface area (Å²) in [6, 6.07) is 11.2. The van der Waals surface area contributed by atoms with E-state index >= 15 is 0 Å². The molecule has 0 radical (unpaired) electrons. The average molecular weight is 245 g/mol. The zero-order valence-electron chi connectivity index (χ0n) is 11.3. The monoisotopic (exact) mass is 245 g/mol. The Balaban J connectivity index is 2.54. The number of rotatable bonds is 4. The van der Waals surface area contributed by atoms with Crippen molar-refractivity contribution in [1.82, 2.24) is 5.32 Å².